The third-order valence-electron chi connectivity index (χ3n) is 4.15. The highest BCUT2D eigenvalue weighted by Gasteiger charge is 2.06. The number of hydrogen-bond donors (Lipinski definition) is 2. The zero-order chi connectivity index (χ0) is 19.0. The third kappa shape index (κ3) is 19.0. The predicted octanol–water partition coefficient (Wildman–Crippen LogP) is 3.10. The molecule has 148 valence electrons. The van der Waals surface area contributed by atoms with E-state index < -0.39 is 0 Å². The molecule has 0 radical (unpaired) electrons. The fraction of sp³-hybridized carbons (Fsp3) is 0.895. The van der Waals surface area contributed by atoms with Gasteiger partial charge in [-0.25, -0.2) is 0 Å². The van der Waals surface area contributed by atoms with Gasteiger partial charge in [-0.3, -0.25) is 9.59 Å². The van der Waals surface area contributed by atoms with E-state index in [4.69, 9.17) is 0 Å². The number of carbonyl (C=O) groups excluding carboxylic acids is 2. The Hall–Kier alpha value is -1.14. The Kier molecular flexibility index (Phi) is 14.5. The molecule has 0 unspecified atom stereocenters. The average Bonchev–Trinajstić information content (AvgIpc) is 2.54. The average molecular weight is 358 g/mol. The van der Waals surface area contributed by atoms with E-state index in [0.717, 1.165) is 12.8 Å². The van der Waals surface area contributed by atoms with Crippen LogP contribution in [0.25, 0.3) is 0 Å². The molecule has 0 atom stereocenters. The minimum absolute atomic E-state index is 0.0197. The van der Waals surface area contributed by atoms with Gasteiger partial charge in [0.05, 0.1) is 27.2 Å². The quantitative estimate of drug-likeness (QED) is 0.253. The molecule has 0 aliphatic heterocycles. The first-order chi connectivity index (χ1) is 11.8. The number of hydroxylamine groups is 3. The molecule has 0 aromatic rings. The van der Waals surface area contributed by atoms with E-state index in [9.17, 15) is 14.8 Å². The first-order valence-corrected chi connectivity index (χ1v) is 9.92. The van der Waals surface area contributed by atoms with Gasteiger partial charge in [0.2, 0.25) is 11.8 Å². The number of nitrogens with one attached hydrogen (secondary N) is 2. The van der Waals surface area contributed by atoms with Crippen molar-refractivity contribution < 1.29 is 14.2 Å². The zero-order valence-corrected chi connectivity index (χ0v) is 16.6. The highest BCUT2D eigenvalue weighted by molar-refractivity contribution is 5.84. The fourth-order valence-electron chi connectivity index (χ4n) is 2.61. The van der Waals surface area contributed by atoms with Crippen LogP contribution in [0.3, 0.4) is 0 Å². The molecule has 0 aliphatic carbocycles. The summed E-state index contributed by atoms with van der Waals surface area (Å²) in [6, 6.07) is 0. The van der Waals surface area contributed by atoms with Crippen molar-refractivity contribution in [3.8, 4) is 0 Å². The van der Waals surface area contributed by atoms with Crippen LogP contribution in [0.1, 0.15) is 77.6 Å². The van der Waals surface area contributed by atoms with Crippen molar-refractivity contribution >= 4 is 11.8 Å². The summed E-state index contributed by atoms with van der Waals surface area (Å²) in [6.07, 6.45) is 12.1. The Morgan fingerprint density at radius 1 is 0.800 bits per heavy atom. The first-order valence-electron chi connectivity index (χ1n) is 9.92. The van der Waals surface area contributed by atoms with Gasteiger partial charge in [-0.05, 0) is 6.42 Å². The number of amides is 2. The summed E-state index contributed by atoms with van der Waals surface area (Å²) < 4.78 is -0.356. The molecule has 0 rings (SSSR count). The molecule has 0 aliphatic rings. The largest absolute Gasteiger partial charge is 0.633 e. The molecule has 0 saturated heterocycles. The van der Waals surface area contributed by atoms with Gasteiger partial charge in [0.1, 0.15) is 0 Å². The van der Waals surface area contributed by atoms with E-state index >= 15 is 0 Å². The van der Waals surface area contributed by atoms with Gasteiger partial charge in [0.15, 0.2) is 0 Å². The molecule has 0 heterocycles. The molecule has 0 bridgehead atoms. The van der Waals surface area contributed by atoms with Crippen LogP contribution in [-0.2, 0) is 9.59 Å². The van der Waals surface area contributed by atoms with Crippen LogP contribution in [0.2, 0.25) is 0 Å². The Morgan fingerprint density at radius 2 is 1.36 bits per heavy atom. The predicted molar refractivity (Wildman–Crippen MR) is 103 cm³/mol. The maximum atomic E-state index is 11.7. The zero-order valence-electron chi connectivity index (χ0n) is 16.6. The molecule has 2 amide bonds. The normalized spacial score (nSPS) is 11.4. The SMILES string of the molecule is CCCCCCCCCCCC(=O)NCC(=O)NCCC[N+](C)(C)[O-]. The molecule has 0 aromatic heterocycles. The molecule has 0 aromatic carbocycles. The van der Waals surface area contributed by atoms with E-state index in [0.29, 0.717) is 25.9 Å². The number of carbonyl (C=O) groups is 2. The summed E-state index contributed by atoms with van der Waals surface area (Å²) in [6.45, 7) is 3.18. The maximum Gasteiger partial charge on any atom is 0.239 e. The second kappa shape index (κ2) is 15.1. The van der Waals surface area contributed by atoms with Crippen LogP contribution < -0.4 is 10.6 Å². The van der Waals surface area contributed by atoms with Crippen molar-refractivity contribution in [2.24, 2.45) is 0 Å². The minimum Gasteiger partial charge on any atom is -0.633 e. The number of quaternary nitrogens is 1. The standard InChI is InChI=1S/C19H39N3O3/c1-4-5-6-7-8-9-10-11-12-14-18(23)21-17-19(24)20-15-13-16-22(2,3)25/h4-17H2,1-3H3,(H,20,24)(H,21,23). The summed E-state index contributed by atoms with van der Waals surface area (Å²) in [5.74, 6) is -0.257. The molecule has 6 nitrogen and oxygen atoms in total. The monoisotopic (exact) mass is 357 g/mol. The van der Waals surface area contributed by atoms with Crippen LogP contribution in [0.5, 0.6) is 0 Å². The number of hydrogen-bond acceptors (Lipinski definition) is 3. The number of nitrogens with zero attached hydrogens (tertiary/aromatic N) is 1. The summed E-state index contributed by atoms with van der Waals surface area (Å²) in [5, 5.41) is 16.7. The van der Waals surface area contributed by atoms with E-state index in [1.54, 1.807) is 14.1 Å². The van der Waals surface area contributed by atoms with Gasteiger partial charge < -0.3 is 20.5 Å². The molecular weight excluding hydrogens is 318 g/mol. The van der Waals surface area contributed by atoms with Crippen molar-refractivity contribution in [2.45, 2.75) is 77.6 Å². The van der Waals surface area contributed by atoms with Crippen molar-refractivity contribution in [1.82, 2.24) is 10.6 Å². The van der Waals surface area contributed by atoms with Gasteiger partial charge in [-0.2, -0.15) is 0 Å². The van der Waals surface area contributed by atoms with Crippen LogP contribution in [0, 0.1) is 5.21 Å². The maximum absolute atomic E-state index is 11.7. The Labute approximate surface area is 153 Å². The third-order valence-corrected chi connectivity index (χ3v) is 4.15. The smallest absolute Gasteiger partial charge is 0.239 e. The van der Waals surface area contributed by atoms with Crippen LogP contribution in [-0.4, -0.2) is 50.2 Å². The van der Waals surface area contributed by atoms with E-state index in [-0.39, 0.29) is 23.0 Å². The highest BCUT2D eigenvalue weighted by Crippen LogP contribution is 2.10. The summed E-state index contributed by atoms with van der Waals surface area (Å²) in [7, 11) is 3.16. The van der Waals surface area contributed by atoms with Crippen LogP contribution >= 0.6 is 0 Å². The second-order valence-electron chi connectivity index (χ2n) is 7.36. The van der Waals surface area contributed by atoms with Crippen molar-refractivity contribution in [1.29, 1.82) is 0 Å². The minimum atomic E-state index is -0.356. The van der Waals surface area contributed by atoms with E-state index in [2.05, 4.69) is 17.6 Å². The Bertz CT molecular complexity index is 354. The van der Waals surface area contributed by atoms with E-state index in [1.807, 2.05) is 0 Å². The van der Waals surface area contributed by atoms with Crippen molar-refractivity contribution in [2.75, 3.05) is 33.7 Å². The van der Waals surface area contributed by atoms with Crippen LogP contribution in [0.15, 0.2) is 0 Å². The topological polar surface area (TPSA) is 81.3 Å². The highest BCUT2D eigenvalue weighted by atomic mass is 16.5. The molecule has 2 N–H and O–H groups in total. The summed E-state index contributed by atoms with van der Waals surface area (Å²) in [5.41, 5.74) is 0. The summed E-state index contributed by atoms with van der Waals surface area (Å²) >= 11 is 0. The van der Waals surface area contributed by atoms with Gasteiger partial charge in [0.25, 0.3) is 0 Å². The Morgan fingerprint density at radius 3 is 1.92 bits per heavy atom. The lowest BCUT2D eigenvalue weighted by Crippen LogP contribution is -2.39. The second-order valence-corrected chi connectivity index (χ2v) is 7.36. The molecule has 25 heavy (non-hydrogen) atoms. The number of rotatable bonds is 16. The fourth-order valence-corrected chi connectivity index (χ4v) is 2.61. The molecule has 0 spiro atoms. The van der Waals surface area contributed by atoms with E-state index in [1.165, 1.54) is 44.9 Å². The lowest BCUT2D eigenvalue weighted by Gasteiger charge is -2.33. The molecular formula is C19H39N3O3. The Balaban J connectivity index is 3.41. The summed E-state index contributed by atoms with van der Waals surface area (Å²) in [4.78, 5) is 23.3. The first kappa shape index (κ1) is 23.9. The van der Waals surface area contributed by atoms with Crippen molar-refractivity contribution in [3.05, 3.63) is 5.21 Å². The van der Waals surface area contributed by atoms with Gasteiger partial charge in [0, 0.05) is 19.4 Å². The van der Waals surface area contributed by atoms with Gasteiger partial charge >= 0.3 is 0 Å². The van der Waals surface area contributed by atoms with Crippen LogP contribution in [0.4, 0.5) is 0 Å². The lowest BCUT2D eigenvalue weighted by molar-refractivity contribution is -0.840. The molecule has 0 fully saturated rings. The number of unbranched alkanes of at least 4 members (excludes halogenated alkanes) is 8. The van der Waals surface area contributed by atoms with Gasteiger partial charge in [-0.15, -0.1) is 0 Å². The molecule has 0 saturated carbocycles. The molecule has 6 heteroatoms. The van der Waals surface area contributed by atoms with Crippen molar-refractivity contribution in [3.63, 3.8) is 0 Å². The lowest BCUT2D eigenvalue weighted by atomic mass is 10.1. The van der Waals surface area contributed by atoms with Gasteiger partial charge in [-0.1, -0.05) is 58.3 Å².